The van der Waals surface area contributed by atoms with Crippen LogP contribution in [-0.2, 0) is 14.6 Å². The Kier molecular flexibility index (Phi) is 5.92. The summed E-state index contributed by atoms with van der Waals surface area (Å²) in [6.07, 6.45) is -4.36. The molecule has 0 aromatic carbocycles. The molecule has 5 nitrogen and oxygen atoms in total. The average Bonchev–Trinajstić information content (AvgIpc) is 2.82. The van der Waals surface area contributed by atoms with Crippen LogP contribution in [0.4, 0.5) is 13.2 Å². The van der Waals surface area contributed by atoms with Gasteiger partial charge in [-0.25, -0.2) is 8.42 Å². The molecule has 2 aliphatic rings. The first-order chi connectivity index (χ1) is 11.8. The largest absolute Gasteiger partial charge is 0.423 e. The van der Waals surface area contributed by atoms with Crippen molar-refractivity contribution >= 4 is 15.7 Å². The fourth-order valence-corrected chi connectivity index (χ4v) is 4.52. The van der Waals surface area contributed by atoms with Crippen molar-refractivity contribution in [2.24, 2.45) is 17.8 Å². The number of likely N-dealkylation sites (tertiary alicyclic amines) is 1. The van der Waals surface area contributed by atoms with Crippen LogP contribution in [0.2, 0.25) is 0 Å². The van der Waals surface area contributed by atoms with Gasteiger partial charge in [-0.15, -0.1) is 0 Å². The predicted octanol–water partition coefficient (Wildman–Crippen LogP) is 2.29. The third kappa shape index (κ3) is 4.68. The number of allylic oxidation sites excluding steroid dienone is 1. The third-order valence-corrected chi connectivity index (χ3v) is 6.49. The van der Waals surface area contributed by atoms with Crippen LogP contribution >= 0.6 is 0 Å². The highest BCUT2D eigenvalue weighted by Crippen LogP contribution is 2.41. The van der Waals surface area contributed by atoms with E-state index in [1.165, 1.54) is 0 Å². The fraction of sp³-hybridized carbons (Fsp3) is 0.706. The molecule has 3 unspecified atom stereocenters. The van der Waals surface area contributed by atoms with Gasteiger partial charge in [0.25, 0.3) is 5.91 Å². The van der Waals surface area contributed by atoms with Gasteiger partial charge in [0.1, 0.15) is 0 Å². The van der Waals surface area contributed by atoms with Gasteiger partial charge < -0.3 is 10.0 Å². The Morgan fingerprint density at radius 2 is 1.62 bits per heavy atom. The molecule has 0 spiro atoms. The molecule has 26 heavy (non-hydrogen) atoms. The van der Waals surface area contributed by atoms with E-state index in [2.05, 4.69) is 13.2 Å². The lowest BCUT2D eigenvalue weighted by molar-refractivity contribution is -0.211. The molecule has 2 bridgehead atoms. The highest BCUT2D eigenvalue weighted by atomic mass is 32.2. The van der Waals surface area contributed by atoms with Crippen molar-refractivity contribution < 1.29 is 31.5 Å². The summed E-state index contributed by atoms with van der Waals surface area (Å²) in [6, 6.07) is 0. The quantitative estimate of drug-likeness (QED) is 0.742. The number of amides is 1. The van der Waals surface area contributed by atoms with Crippen LogP contribution in [0.3, 0.4) is 0 Å². The summed E-state index contributed by atoms with van der Waals surface area (Å²) in [4.78, 5) is 13.1. The summed E-state index contributed by atoms with van der Waals surface area (Å²) in [6.45, 7) is 7.73. The Hall–Kier alpha value is -1.35. The standard InChI is InChI=1S/C17H24F3NO4S/c1-10(11(2)26(3,24)25)14-6-12-4-5-13(7-14)9-21(8-12)16(23)15(22)17(18,19)20/h12-15,22H,1-2,4-9H2,3H3. The summed E-state index contributed by atoms with van der Waals surface area (Å²) in [5.41, 5.74) is 0.444. The van der Waals surface area contributed by atoms with Crippen LogP contribution in [0, 0.1) is 17.8 Å². The molecular formula is C17H24F3NO4S. The lowest BCUT2D eigenvalue weighted by atomic mass is 9.84. The number of halogens is 3. The molecule has 1 aliphatic carbocycles. The SMILES string of the molecule is C=C(C(=C)S(C)(=O)=O)C1CC2CCC(C1)CN(C(=O)C(O)C(F)(F)F)C2. The fourth-order valence-electron chi connectivity index (χ4n) is 3.88. The minimum atomic E-state index is -4.98. The second-order valence-electron chi connectivity index (χ2n) is 7.39. The average molecular weight is 395 g/mol. The van der Waals surface area contributed by atoms with Gasteiger partial charge >= 0.3 is 6.18 Å². The second kappa shape index (κ2) is 7.34. The molecule has 1 saturated heterocycles. The highest BCUT2D eigenvalue weighted by Gasteiger charge is 2.47. The second-order valence-corrected chi connectivity index (χ2v) is 9.42. The number of hydrogen-bond acceptors (Lipinski definition) is 4. The molecule has 2 rings (SSSR count). The molecule has 0 aromatic rings. The van der Waals surface area contributed by atoms with Crippen LogP contribution in [0.25, 0.3) is 0 Å². The zero-order valence-corrected chi connectivity index (χ0v) is 15.4. The number of aliphatic hydroxyl groups is 1. The van der Waals surface area contributed by atoms with Gasteiger partial charge in [0.2, 0.25) is 6.10 Å². The van der Waals surface area contributed by atoms with Crippen molar-refractivity contribution in [3.8, 4) is 0 Å². The molecule has 148 valence electrons. The van der Waals surface area contributed by atoms with Crippen LogP contribution < -0.4 is 0 Å². The molecule has 2 fully saturated rings. The predicted molar refractivity (Wildman–Crippen MR) is 90.7 cm³/mol. The maximum absolute atomic E-state index is 12.6. The number of nitrogens with zero attached hydrogens (tertiary/aromatic N) is 1. The third-order valence-electron chi connectivity index (χ3n) is 5.33. The van der Waals surface area contributed by atoms with Gasteiger partial charge in [0.15, 0.2) is 9.84 Å². The van der Waals surface area contributed by atoms with E-state index in [9.17, 15) is 31.5 Å². The minimum Gasteiger partial charge on any atom is -0.376 e. The van der Waals surface area contributed by atoms with Crippen molar-refractivity contribution in [3.05, 3.63) is 23.6 Å². The van der Waals surface area contributed by atoms with Crippen LogP contribution in [0.15, 0.2) is 23.6 Å². The Labute approximate surface area is 151 Å². The number of alkyl halides is 3. The Balaban J connectivity index is 2.14. The summed E-state index contributed by atoms with van der Waals surface area (Å²) >= 11 is 0. The molecule has 9 heteroatoms. The monoisotopic (exact) mass is 395 g/mol. The molecule has 1 saturated carbocycles. The first-order valence-electron chi connectivity index (χ1n) is 8.42. The van der Waals surface area contributed by atoms with Crippen molar-refractivity contribution in [1.29, 1.82) is 0 Å². The maximum Gasteiger partial charge on any atom is 0.423 e. The van der Waals surface area contributed by atoms with Gasteiger partial charge in [0.05, 0.1) is 4.91 Å². The van der Waals surface area contributed by atoms with Crippen LogP contribution in [0.1, 0.15) is 25.7 Å². The normalized spacial score (nSPS) is 28.2. The Morgan fingerprint density at radius 3 is 2.00 bits per heavy atom. The lowest BCUT2D eigenvalue weighted by Crippen LogP contribution is -2.49. The van der Waals surface area contributed by atoms with Crippen molar-refractivity contribution in [1.82, 2.24) is 4.90 Å². The molecule has 1 N–H and O–H groups in total. The summed E-state index contributed by atoms with van der Waals surface area (Å²) < 4.78 is 61.3. The van der Waals surface area contributed by atoms with E-state index >= 15 is 0 Å². The van der Waals surface area contributed by atoms with Gasteiger partial charge in [0, 0.05) is 19.3 Å². The van der Waals surface area contributed by atoms with Crippen LogP contribution in [-0.4, -0.2) is 56.0 Å². The summed E-state index contributed by atoms with van der Waals surface area (Å²) in [5.74, 6) is -1.58. The molecule has 0 aromatic heterocycles. The first-order valence-corrected chi connectivity index (χ1v) is 10.3. The van der Waals surface area contributed by atoms with Gasteiger partial charge in [-0.2, -0.15) is 13.2 Å². The number of carbonyl (C=O) groups excluding carboxylic acids is 1. The Morgan fingerprint density at radius 1 is 1.15 bits per heavy atom. The van der Waals surface area contributed by atoms with E-state index in [-0.39, 0.29) is 35.7 Å². The number of rotatable bonds is 4. The number of sulfone groups is 1. The topological polar surface area (TPSA) is 74.7 Å². The van der Waals surface area contributed by atoms with Gasteiger partial charge in [-0.1, -0.05) is 13.2 Å². The van der Waals surface area contributed by atoms with E-state index in [0.717, 1.165) is 24.0 Å². The Bertz CT molecular complexity index is 685. The summed E-state index contributed by atoms with van der Waals surface area (Å²) in [5, 5.41) is 9.26. The molecule has 3 atom stereocenters. The number of carbonyl (C=O) groups is 1. The highest BCUT2D eigenvalue weighted by molar-refractivity contribution is 7.94. The number of aliphatic hydroxyl groups excluding tert-OH is 1. The maximum atomic E-state index is 12.6. The van der Waals surface area contributed by atoms with Gasteiger partial charge in [-0.05, 0) is 49.0 Å². The number of fused-ring (bicyclic) bond motifs is 3. The molecule has 1 amide bonds. The summed E-state index contributed by atoms with van der Waals surface area (Å²) in [7, 11) is -3.46. The zero-order chi connectivity index (χ0) is 19.9. The van der Waals surface area contributed by atoms with E-state index < -0.39 is 28.0 Å². The van der Waals surface area contributed by atoms with E-state index in [0.29, 0.717) is 18.4 Å². The molecule has 1 aliphatic heterocycles. The van der Waals surface area contributed by atoms with E-state index in [1.807, 2.05) is 0 Å². The van der Waals surface area contributed by atoms with Crippen molar-refractivity contribution in [2.45, 2.75) is 38.0 Å². The van der Waals surface area contributed by atoms with Crippen molar-refractivity contribution in [2.75, 3.05) is 19.3 Å². The smallest absolute Gasteiger partial charge is 0.376 e. The van der Waals surface area contributed by atoms with Crippen molar-refractivity contribution in [3.63, 3.8) is 0 Å². The molecule has 1 heterocycles. The molecular weight excluding hydrogens is 371 g/mol. The van der Waals surface area contributed by atoms with Crippen LogP contribution in [0.5, 0.6) is 0 Å². The number of hydrogen-bond donors (Lipinski definition) is 1. The first kappa shape index (κ1) is 21.0. The lowest BCUT2D eigenvalue weighted by Gasteiger charge is -2.34. The van der Waals surface area contributed by atoms with E-state index in [1.54, 1.807) is 0 Å². The molecule has 0 radical (unpaired) electrons. The van der Waals surface area contributed by atoms with E-state index in [4.69, 9.17) is 0 Å². The zero-order valence-electron chi connectivity index (χ0n) is 14.6. The van der Waals surface area contributed by atoms with Gasteiger partial charge in [-0.3, -0.25) is 4.79 Å². The minimum absolute atomic E-state index is 0.0112.